The zero-order valence-electron chi connectivity index (χ0n) is 9.60. The third-order valence-corrected chi connectivity index (χ3v) is 3.93. The zero-order valence-corrected chi connectivity index (χ0v) is 10.4. The number of rotatable bonds is 3. The molecule has 1 aromatic heterocycles. The summed E-state index contributed by atoms with van der Waals surface area (Å²) in [5.74, 6) is 0. The lowest BCUT2D eigenvalue weighted by atomic mass is 10.0. The fourth-order valence-corrected chi connectivity index (χ4v) is 3.19. The molecular weight excluding hydrogens is 249 g/mol. The van der Waals surface area contributed by atoms with Gasteiger partial charge >= 0.3 is 6.18 Å². The Morgan fingerprint density at radius 1 is 1.47 bits per heavy atom. The van der Waals surface area contributed by atoms with Crippen LogP contribution in [0.2, 0.25) is 0 Å². The van der Waals surface area contributed by atoms with Crippen LogP contribution in [0.5, 0.6) is 0 Å². The van der Waals surface area contributed by atoms with Crippen LogP contribution in [0.15, 0.2) is 5.38 Å². The van der Waals surface area contributed by atoms with E-state index in [1.165, 1.54) is 10.4 Å². The van der Waals surface area contributed by atoms with Gasteiger partial charge in [-0.2, -0.15) is 13.2 Å². The number of alkyl halides is 3. The van der Waals surface area contributed by atoms with Gasteiger partial charge in [-0.15, -0.1) is 11.3 Å². The van der Waals surface area contributed by atoms with Gasteiger partial charge in [0.15, 0.2) is 0 Å². The fraction of sp³-hybridized carbons (Fsp3) is 0.636. The van der Waals surface area contributed by atoms with Gasteiger partial charge in [-0.1, -0.05) is 0 Å². The van der Waals surface area contributed by atoms with Crippen molar-refractivity contribution in [3.8, 4) is 0 Å². The van der Waals surface area contributed by atoms with Crippen LogP contribution in [0.4, 0.5) is 13.2 Å². The molecule has 0 saturated carbocycles. The van der Waals surface area contributed by atoms with E-state index < -0.39 is 12.7 Å². The van der Waals surface area contributed by atoms with Crippen molar-refractivity contribution in [3.63, 3.8) is 0 Å². The summed E-state index contributed by atoms with van der Waals surface area (Å²) in [6.07, 6.45) is -3.19. The molecule has 0 amide bonds. The number of halogens is 3. The second-order valence-corrected chi connectivity index (χ2v) is 5.33. The Balaban J connectivity index is 1.94. The maximum atomic E-state index is 12.0. The lowest BCUT2D eigenvalue weighted by Gasteiger charge is -2.23. The van der Waals surface area contributed by atoms with Crippen molar-refractivity contribution in [1.29, 1.82) is 0 Å². The fourth-order valence-electron chi connectivity index (χ4n) is 2.01. The highest BCUT2D eigenvalue weighted by Gasteiger charge is 2.26. The zero-order chi connectivity index (χ0) is 12.5. The van der Waals surface area contributed by atoms with Gasteiger partial charge < -0.3 is 10.2 Å². The molecule has 0 saturated heterocycles. The second kappa shape index (κ2) is 4.96. The lowest BCUT2D eigenvalue weighted by molar-refractivity contribution is -0.125. The summed E-state index contributed by atoms with van der Waals surface area (Å²) in [5.41, 5.74) is 2.28. The molecule has 17 heavy (non-hydrogen) atoms. The van der Waals surface area contributed by atoms with E-state index in [-0.39, 0.29) is 0 Å². The molecule has 2 nitrogen and oxygen atoms in total. The van der Waals surface area contributed by atoms with E-state index in [2.05, 4.69) is 17.3 Å². The van der Waals surface area contributed by atoms with Gasteiger partial charge in [-0.05, 0) is 30.0 Å². The summed E-state index contributed by atoms with van der Waals surface area (Å²) in [4.78, 5) is 3.52. The number of likely N-dealkylation sites (N-methyl/N-ethyl adjacent to an activating group) is 1. The van der Waals surface area contributed by atoms with E-state index in [9.17, 15) is 13.2 Å². The maximum absolute atomic E-state index is 12.0. The first-order valence-electron chi connectivity index (χ1n) is 5.50. The van der Waals surface area contributed by atoms with Crippen LogP contribution in [0, 0.1) is 0 Å². The number of fused-ring (bicyclic) bond motifs is 1. The third-order valence-electron chi connectivity index (χ3n) is 2.87. The van der Waals surface area contributed by atoms with Gasteiger partial charge in [0.05, 0.1) is 6.54 Å². The Kier molecular flexibility index (Phi) is 3.75. The molecule has 0 bridgehead atoms. The number of nitrogens with one attached hydrogen (secondary N) is 1. The molecule has 0 aromatic carbocycles. The van der Waals surface area contributed by atoms with Gasteiger partial charge in [0.25, 0.3) is 0 Å². The van der Waals surface area contributed by atoms with Crippen LogP contribution in [0.25, 0.3) is 0 Å². The first-order chi connectivity index (χ1) is 7.96. The number of hydrogen-bond acceptors (Lipinski definition) is 3. The number of thiophene rings is 1. The minimum absolute atomic E-state index is 0.315. The number of hydrogen-bond donors (Lipinski definition) is 1. The second-order valence-electron chi connectivity index (χ2n) is 4.37. The largest absolute Gasteiger partial charge is 0.401 e. The molecule has 6 heteroatoms. The standard InChI is InChI=1S/C11H15F3N2S/c1-16-3-2-9-8(6-17-10(9)5-16)4-15-7-11(12,13)14/h6,15H,2-5,7H2,1H3. The maximum Gasteiger partial charge on any atom is 0.401 e. The molecule has 0 fully saturated rings. The van der Waals surface area contributed by atoms with E-state index in [4.69, 9.17) is 0 Å². The van der Waals surface area contributed by atoms with Gasteiger partial charge in [0, 0.05) is 24.5 Å². The molecule has 1 aromatic rings. The molecule has 2 heterocycles. The predicted molar refractivity (Wildman–Crippen MR) is 62.1 cm³/mol. The summed E-state index contributed by atoms with van der Waals surface area (Å²) in [7, 11) is 2.06. The summed E-state index contributed by atoms with van der Waals surface area (Å²) < 4.78 is 36.0. The smallest absolute Gasteiger partial charge is 0.305 e. The van der Waals surface area contributed by atoms with Crippen LogP contribution in [0.3, 0.4) is 0 Å². The first-order valence-corrected chi connectivity index (χ1v) is 6.38. The Morgan fingerprint density at radius 2 is 2.24 bits per heavy atom. The predicted octanol–water partition coefficient (Wildman–Crippen LogP) is 2.39. The van der Waals surface area contributed by atoms with Crippen LogP contribution in [-0.2, 0) is 19.5 Å². The van der Waals surface area contributed by atoms with E-state index in [1.54, 1.807) is 11.3 Å². The van der Waals surface area contributed by atoms with Gasteiger partial charge in [0.1, 0.15) is 0 Å². The third kappa shape index (κ3) is 3.43. The quantitative estimate of drug-likeness (QED) is 0.901. The average molecular weight is 264 g/mol. The Labute approximate surface area is 102 Å². The molecule has 1 N–H and O–H groups in total. The summed E-state index contributed by atoms with van der Waals surface area (Å²) in [6, 6.07) is 0. The van der Waals surface area contributed by atoms with Crippen molar-refractivity contribution in [1.82, 2.24) is 10.2 Å². The molecule has 0 atom stereocenters. The first kappa shape index (κ1) is 12.9. The van der Waals surface area contributed by atoms with Crippen molar-refractivity contribution in [2.45, 2.75) is 25.7 Å². The minimum atomic E-state index is -4.13. The molecular formula is C11H15F3N2S. The Hall–Kier alpha value is -0.590. The highest BCUT2D eigenvalue weighted by molar-refractivity contribution is 7.10. The minimum Gasteiger partial charge on any atom is -0.305 e. The molecule has 2 rings (SSSR count). The molecule has 0 aliphatic carbocycles. The van der Waals surface area contributed by atoms with Crippen LogP contribution in [-0.4, -0.2) is 31.2 Å². The van der Waals surface area contributed by atoms with E-state index in [0.717, 1.165) is 25.1 Å². The van der Waals surface area contributed by atoms with Crippen LogP contribution in [0.1, 0.15) is 16.0 Å². The van der Waals surface area contributed by atoms with E-state index in [0.29, 0.717) is 6.54 Å². The summed E-state index contributed by atoms with van der Waals surface area (Å²) >= 11 is 1.65. The van der Waals surface area contributed by atoms with Gasteiger partial charge in [0.2, 0.25) is 0 Å². The Morgan fingerprint density at radius 3 is 2.94 bits per heavy atom. The van der Waals surface area contributed by atoms with Gasteiger partial charge in [-0.25, -0.2) is 0 Å². The summed E-state index contributed by atoms with van der Waals surface area (Å²) in [5, 5.41) is 4.44. The lowest BCUT2D eigenvalue weighted by Crippen LogP contribution is -2.29. The van der Waals surface area contributed by atoms with Crippen molar-refractivity contribution < 1.29 is 13.2 Å². The van der Waals surface area contributed by atoms with E-state index in [1.807, 2.05) is 5.38 Å². The molecule has 0 spiro atoms. The van der Waals surface area contributed by atoms with Crippen molar-refractivity contribution in [2.75, 3.05) is 20.1 Å². The normalized spacial score (nSPS) is 17.2. The molecule has 1 aliphatic rings. The topological polar surface area (TPSA) is 15.3 Å². The monoisotopic (exact) mass is 264 g/mol. The SMILES string of the molecule is CN1CCc2c(CNCC(F)(F)F)csc2C1. The highest BCUT2D eigenvalue weighted by Crippen LogP contribution is 2.28. The van der Waals surface area contributed by atoms with Crippen LogP contribution < -0.4 is 5.32 Å². The van der Waals surface area contributed by atoms with Crippen molar-refractivity contribution in [3.05, 3.63) is 21.4 Å². The molecule has 0 unspecified atom stereocenters. The molecule has 96 valence electrons. The van der Waals surface area contributed by atoms with Crippen molar-refractivity contribution >= 4 is 11.3 Å². The molecule has 1 aliphatic heterocycles. The Bertz CT molecular complexity index is 387. The number of nitrogens with zero attached hydrogens (tertiary/aromatic N) is 1. The van der Waals surface area contributed by atoms with Crippen LogP contribution >= 0.6 is 11.3 Å². The van der Waals surface area contributed by atoms with E-state index >= 15 is 0 Å². The molecule has 0 radical (unpaired) electrons. The highest BCUT2D eigenvalue weighted by atomic mass is 32.1. The summed E-state index contributed by atoms with van der Waals surface area (Å²) in [6.45, 7) is 1.29. The van der Waals surface area contributed by atoms with Crippen molar-refractivity contribution in [2.24, 2.45) is 0 Å². The van der Waals surface area contributed by atoms with Gasteiger partial charge in [-0.3, -0.25) is 0 Å². The average Bonchev–Trinajstić information content (AvgIpc) is 2.59.